The highest BCUT2D eigenvalue weighted by atomic mass is 32.2. The van der Waals surface area contributed by atoms with Crippen LogP contribution in [0.3, 0.4) is 0 Å². The molecule has 0 bridgehead atoms. The molecule has 1 aliphatic heterocycles. The molecule has 0 radical (unpaired) electrons. The summed E-state index contributed by atoms with van der Waals surface area (Å²) in [5, 5.41) is 15.2. The summed E-state index contributed by atoms with van der Waals surface area (Å²) in [4.78, 5) is 55.5. The quantitative estimate of drug-likeness (QED) is 0.387. The molecule has 4 amide bonds. The summed E-state index contributed by atoms with van der Waals surface area (Å²) in [7, 11) is 0.249. The highest BCUT2D eigenvalue weighted by Gasteiger charge is 2.44. The molecule has 14 heteroatoms. The Balaban J connectivity index is 2.33. The Morgan fingerprint density at radius 1 is 1.26 bits per heavy atom. The van der Waals surface area contributed by atoms with Gasteiger partial charge < -0.3 is 20.6 Å². The third-order valence-electron chi connectivity index (χ3n) is 5.20. The van der Waals surface area contributed by atoms with Gasteiger partial charge in [-0.05, 0) is 31.5 Å². The summed E-state index contributed by atoms with van der Waals surface area (Å²) >= 11 is 0. The number of carbonyl (C=O) groups is 4. The number of likely N-dealkylation sites (N-methyl/N-ethyl adjacent to an activating group) is 2. The van der Waals surface area contributed by atoms with Crippen LogP contribution in [0.2, 0.25) is 0 Å². The van der Waals surface area contributed by atoms with Crippen molar-refractivity contribution in [2.24, 2.45) is 4.99 Å². The van der Waals surface area contributed by atoms with Crippen LogP contribution >= 0.6 is 0 Å². The number of hydrogen-bond acceptors (Lipinski definition) is 8. The van der Waals surface area contributed by atoms with Crippen molar-refractivity contribution in [1.29, 1.82) is 0 Å². The van der Waals surface area contributed by atoms with Gasteiger partial charge in [0.15, 0.2) is 22.0 Å². The largest absolute Gasteiger partial charge is 0.380 e. The molecule has 35 heavy (non-hydrogen) atoms. The maximum Gasteiger partial charge on any atom is 0.311 e. The van der Waals surface area contributed by atoms with Crippen LogP contribution in [0.1, 0.15) is 19.4 Å². The van der Waals surface area contributed by atoms with Crippen molar-refractivity contribution in [2.75, 3.05) is 27.4 Å². The lowest BCUT2D eigenvalue weighted by molar-refractivity contribution is -0.145. The van der Waals surface area contributed by atoms with Crippen molar-refractivity contribution in [2.45, 2.75) is 43.0 Å². The van der Waals surface area contributed by atoms with E-state index in [4.69, 9.17) is 0 Å². The van der Waals surface area contributed by atoms with Crippen LogP contribution in [0, 0.1) is 5.82 Å². The number of aliphatic hydroxyl groups is 1. The number of carbonyl (C=O) groups excluding carboxylic acids is 4. The summed E-state index contributed by atoms with van der Waals surface area (Å²) in [6.07, 6.45) is -0.971. The van der Waals surface area contributed by atoms with Crippen molar-refractivity contribution < 1.29 is 37.1 Å². The number of amides is 4. The molecule has 2 atom stereocenters. The second-order valence-electron chi connectivity index (χ2n) is 8.76. The molecule has 0 aromatic heterocycles. The first-order valence-electron chi connectivity index (χ1n) is 10.3. The van der Waals surface area contributed by atoms with E-state index < -0.39 is 57.0 Å². The zero-order valence-corrected chi connectivity index (χ0v) is 20.9. The van der Waals surface area contributed by atoms with E-state index in [-0.39, 0.29) is 22.8 Å². The lowest BCUT2D eigenvalue weighted by Crippen LogP contribution is -2.64. The monoisotopic (exact) mass is 513 g/mol. The molecule has 1 aromatic rings. The van der Waals surface area contributed by atoms with Gasteiger partial charge in [0.05, 0.1) is 10.4 Å². The summed E-state index contributed by atoms with van der Waals surface area (Å²) in [5.41, 5.74) is -1.30. The van der Waals surface area contributed by atoms with E-state index in [1.165, 1.54) is 41.1 Å². The van der Waals surface area contributed by atoms with Gasteiger partial charge in [-0.25, -0.2) is 12.8 Å². The third kappa shape index (κ3) is 6.19. The molecule has 1 aromatic carbocycles. The molecule has 0 aliphatic carbocycles. The number of rotatable bonds is 6. The molecule has 1 heterocycles. The van der Waals surface area contributed by atoms with Crippen molar-refractivity contribution in [1.82, 2.24) is 20.4 Å². The van der Waals surface area contributed by atoms with Crippen LogP contribution in [0.5, 0.6) is 0 Å². The van der Waals surface area contributed by atoms with Crippen molar-refractivity contribution in [3.63, 3.8) is 0 Å². The standard InChI is InChI=1S/C21H28FN5O7S/c1-21(2,25-17(30)19(32)26(3)4)20-24-14(15(28)18(31)27(20)5)16(29)23-10-11-7-8-12(22)9-13(11)35(6,33)34/h7-9,14-15,28H,10H2,1-6H3,(H,23,29)(H,25,30). The van der Waals surface area contributed by atoms with Gasteiger partial charge in [-0.3, -0.25) is 29.1 Å². The van der Waals surface area contributed by atoms with Crippen LogP contribution in [-0.2, 0) is 35.6 Å². The first-order chi connectivity index (χ1) is 16.0. The summed E-state index contributed by atoms with van der Waals surface area (Å²) in [6.45, 7) is 2.57. The minimum atomic E-state index is -3.81. The topological polar surface area (TPSA) is 166 Å². The molecule has 0 saturated heterocycles. The fraction of sp³-hybridized carbons (Fsp3) is 0.476. The Morgan fingerprint density at radius 3 is 2.40 bits per heavy atom. The fourth-order valence-corrected chi connectivity index (χ4v) is 4.36. The first kappa shape index (κ1) is 27.9. The molecule has 192 valence electrons. The number of hydrogen-bond donors (Lipinski definition) is 3. The number of amidine groups is 1. The Labute approximate surface area is 202 Å². The fourth-order valence-electron chi connectivity index (χ4n) is 3.41. The lowest BCUT2D eigenvalue weighted by Gasteiger charge is -2.38. The van der Waals surface area contributed by atoms with E-state index >= 15 is 0 Å². The Hall–Kier alpha value is -3.39. The number of sulfone groups is 1. The maximum absolute atomic E-state index is 13.5. The number of aliphatic hydroxyl groups excluding tert-OH is 1. The maximum atomic E-state index is 13.5. The molecule has 0 fully saturated rings. The lowest BCUT2D eigenvalue weighted by atomic mass is 9.97. The van der Waals surface area contributed by atoms with Crippen molar-refractivity contribution in [3.05, 3.63) is 29.6 Å². The zero-order chi connectivity index (χ0) is 26.9. The summed E-state index contributed by atoms with van der Waals surface area (Å²) in [5.74, 6) is -4.48. The number of benzene rings is 1. The average Bonchev–Trinajstić information content (AvgIpc) is 2.74. The molecule has 2 unspecified atom stereocenters. The van der Waals surface area contributed by atoms with Crippen molar-refractivity contribution >= 4 is 39.3 Å². The number of nitrogens with zero attached hydrogens (tertiary/aromatic N) is 3. The highest BCUT2D eigenvalue weighted by Crippen LogP contribution is 2.21. The van der Waals surface area contributed by atoms with Gasteiger partial charge in [-0.2, -0.15) is 0 Å². The average molecular weight is 514 g/mol. The predicted molar refractivity (Wildman–Crippen MR) is 122 cm³/mol. The Kier molecular flexibility index (Phi) is 8.02. The molecule has 0 saturated carbocycles. The number of aliphatic imine (C=N–C) groups is 1. The van der Waals surface area contributed by atoms with Crippen LogP contribution in [0.15, 0.2) is 28.1 Å². The SMILES string of the molecule is CN(C)C(=O)C(=O)NC(C)(C)C1=NC(C(=O)NCc2ccc(F)cc2S(C)(=O)=O)C(O)C(=O)N1C. The van der Waals surface area contributed by atoms with Crippen LogP contribution in [-0.4, -0.2) is 97.9 Å². The second-order valence-corrected chi connectivity index (χ2v) is 10.7. The number of halogens is 1. The minimum Gasteiger partial charge on any atom is -0.380 e. The van der Waals surface area contributed by atoms with E-state index in [2.05, 4.69) is 15.6 Å². The third-order valence-corrected chi connectivity index (χ3v) is 6.38. The van der Waals surface area contributed by atoms with Gasteiger partial charge in [0.25, 0.3) is 5.91 Å². The molecule has 0 spiro atoms. The van der Waals surface area contributed by atoms with E-state index in [9.17, 15) is 37.1 Å². The smallest absolute Gasteiger partial charge is 0.311 e. The van der Waals surface area contributed by atoms with Gasteiger partial charge in [0.1, 0.15) is 11.7 Å². The van der Waals surface area contributed by atoms with Gasteiger partial charge in [-0.15, -0.1) is 0 Å². The molecule has 3 N–H and O–H groups in total. The van der Waals surface area contributed by atoms with Crippen LogP contribution in [0.25, 0.3) is 0 Å². The second kappa shape index (κ2) is 10.1. The van der Waals surface area contributed by atoms with Crippen LogP contribution < -0.4 is 10.6 Å². The first-order valence-corrected chi connectivity index (χ1v) is 12.2. The Morgan fingerprint density at radius 2 is 1.86 bits per heavy atom. The number of nitrogens with one attached hydrogen (secondary N) is 2. The van der Waals surface area contributed by atoms with E-state index in [0.717, 1.165) is 28.2 Å². The van der Waals surface area contributed by atoms with Gasteiger partial charge >= 0.3 is 11.8 Å². The highest BCUT2D eigenvalue weighted by molar-refractivity contribution is 7.90. The molecular weight excluding hydrogens is 485 g/mol. The minimum absolute atomic E-state index is 0.0912. The van der Waals surface area contributed by atoms with Gasteiger partial charge in [0, 0.05) is 33.9 Å². The van der Waals surface area contributed by atoms with Crippen molar-refractivity contribution in [3.8, 4) is 0 Å². The normalized spacial score (nSPS) is 18.6. The molecular formula is C21H28FN5O7S. The zero-order valence-electron chi connectivity index (χ0n) is 20.1. The predicted octanol–water partition coefficient (Wildman–Crippen LogP) is -1.57. The van der Waals surface area contributed by atoms with E-state index in [0.29, 0.717) is 0 Å². The van der Waals surface area contributed by atoms with E-state index in [1.54, 1.807) is 0 Å². The molecule has 12 nitrogen and oxygen atoms in total. The van der Waals surface area contributed by atoms with Gasteiger partial charge in [0.2, 0.25) is 5.91 Å². The molecule has 2 rings (SSSR count). The summed E-state index contributed by atoms with van der Waals surface area (Å²) in [6, 6.07) is 1.41. The van der Waals surface area contributed by atoms with E-state index in [1.807, 2.05) is 0 Å². The van der Waals surface area contributed by atoms with Crippen LogP contribution in [0.4, 0.5) is 4.39 Å². The summed E-state index contributed by atoms with van der Waals surface area (Å²) < 4.78 is 37.5. The Bertz CT molecular complexity index is 1200. The molecule has 1 aliphatic rings. The van der Waals surface area contributed by atoms with Gasteiger partial charge in [-0.1, -0.05) is 6.07 Å².